The molecule has 1 saturated carbocycles. The Balaban J connectivity index is 1.41. The summed E-state index contributed by atoms with van der Waals surface area (Å²) in [5, 5.41) is 5.68. The minimum absolute atomic E-state index is 0.0609. The average molecular weight is 377 g/mol. The molecular weight excluding hydrogens is 352 g/mol. The van der Waals surface area contributed by atoms with Gasteiger partial charge in [0.1, 0.15) is 0 Å². The minimum Gasteiger partial charge on any atom is -0.302 e. The Morgan fingerprint density at radius 1 is 1.07 bits per heavy atom. The first-order valence-electron chi connectivity index (χ1n) is 9.34. The lowest BCUT2D eigenvalue weighted by Crippen LogP contribution is -2.14. The molecule has 2 aromatic carbocycles. The fraction of sp³-hybridized carbons (Fsp3) is 0.304. The molecule has 3 aromatic rings. The van der Waals surface area contributed by atoms with E-state index in [0.717, 1.165) is 17.7 Å². The number of hydrogen-bond acceptors (Lipinski definition) is 3. The van der Waals surface area contributed by atoms with E-state index in [1.54, 1.807) is 0 Å². The zero-order valence-electron chi connectivity index (χ0n) is 15.9. The lowest BCUT2D eigenvalue weighted by atomic mass is 9.86. The van der Waals surface area contributed by atoms with Crippen molar-refractivity contribution in [3.05, 3.63) is 71.1 Å². The van der Waals surface area contributed by atoms with Crippen molar-refractivity contribution in [2.45, 2.75) is 38.5 Å². The maximum Gasteiger partial charge on any atom is 0.229 e. The molecule has 3 nitrogen and oxygen atoms in total. The van der Waals surface area contributed by atoms with Crippen molar-refractivity contribution in [3.63, 3.8) is 0 Å². The Bertz CT molecular complexity index is 939. The lowest BCUT2D eigenvalue weighted by Gasteiger charge is -2.18. The SMILES string of the molecule is CC(C)(C)c1ccc(-c2csc(NC(=O)[C@@H]3C[C@H]3c3ccccc3)n2)cc1. The van der Waals surface area contributed by atoms with Crippen LogP contribution in [0.2, 0.25) is 0 Å². The predicted molar refractivity (Wildman–Crippen MR) is 112 cm³/mol. The molecule has 1 aromatic heterocycles. The molecular formula is C23H24N2OS. The second-order valence-corrected chi connectivity index (χ2v) is 9.07. The van der Waals surface area contributed by atoms with E-state index in [4.69, 9.17) is 0 Å². The predicted octanol–water partition coefficient (Wildman–Crippen LogP) is 5.85. The molecule has 0 spiro atoms. The summed E-state index contributed by atoms with van der Waals surface area (Å²) in [7, 11) is 0. The number of nitrogens with one attached hydrogen (secondary N) is 1. The van der Waals surface area contributed by atoms with Gasteiger partial charge in [0.2, 0.25) is 5.91 Å². The maximum atomic E-state index is 12.5. The number of carbonyl (C=O) groups is 1. The van der Waals surface area contributed by atoms with Crippen LogP contribution in [-0.4, -0.2) is 10.9 Å². The number of benzene rings is 2. The van der Waals surface area contributed by atoms with E-state index in [2.05, 4.69) is 67.5 Å². The quantitative estimate of drug-likeness (QED) is 0.620. The van der Waals surface area contributed by atoms with Crippen LogP contribution in [0.25, 0.3) is 11.3 Å². The van der Waals surface area contributed by atoms with Crippen molar-refractivity contribution in [2.75, 3.05) is 5.32 Å². The Morgan fingerprint density at radius 3 is 2.44 bits per heavy atom. The third-order valence-electron chi connectivity index (χ3n) is 5.14. The molecule has 0 radical (unpaired) electrons. The Kier molecular flexibility index (Phi) is 4.60. The third-order valence-corrected chi connectivity index (χ3v) is 5.89. The summed E-state index contributed by atoms with van der Waals surface area (Å²) in [5.41, 5.74) is 4.67. The number of thiazole rings is 1. The summed E-state index contributed by atoms with van der Waals surface area (Å²) in [4.78, 5) is 17.1. The number of hydrogen-bond donors (Lipinski definition) is 1. The first kappa shape index (κ1) is 17.9. The average Bonchev–Trinajstić information content (AvgIpc) is 3.34. The molecule has 0 bridgehead atoms. The van der Waals surface area contributed by atoms with Gasteiger partial charge in [-0.15, -0.1) is 11.3 Å². The first-order valence-corrected chi connectivity index (χ1v) is 10.2. The molecule has 4 rings (SSSR count). The van der Waals surface area contributed by atoms with Gasteiger partial charge >= 0.3 is 0 Å². The van der Waals surface area contributed by atoms with Crippen molar-refractivity contribution in [1.82, 2.24) is 4.98 Å². The number of amides is 1. The summed E-state index contributed by atoms with van der Waals surface area (Å²) in [6.45, 7) is 6.62. The van der Waals surface area contributed by atoms with E-state index < -0.39 is 0 Å². The van der Waals surface area contributed by atoms with Gasteiger partial charge in [-0.05, 0) is 28.9 Å². The van der Waals surface area contributed by atoms with E-state index in [9.17, 15) is 4.79 Å². The Labute approximate surface area is 164 Å². The first-order chi connectivity index (χ1) is 12.9. The Hall–Kier alpha value is -2.46. The van der Waals surface area contributed by atoms with Crippen LogP contribution in [0.1, 0.15) is 44.2 Å². The van der Waals surface area contributed by atoms with Crippen molar-refractivity contribution >= 4 is 22.4 Å². The summed E-state index contributed by atoms with van der Waals surface area (Å²) in [6, 6.07) is 18.8. The minimum atomic E-state index is 0.0609. The van der Waals surface area contributed by atoms with Crippen LogP contribution in [0.15, 0.2) is 60.0 Å². The number of aromatic nitrogens is 1. The van der Waals surface area contributed by atoms with E-state index in [1.165, 1.54) is 22.5 Å². The van der Waals surface area contributed by atoms with Gasteiger partial charge in [0.15, 0.2) is 5.13 Å². The molecule has 0 unspecified atom stereocenters. The summed E-state index contributed by atoms with van der Waals surface area (Å²) < 4.78 is 0. The van der Waals surface area contributed by atoms with Crippen LogP contribution < -0.4 is 5.32 Å². The highest BCUT2D eigenvalue weighted by Gasteiger charge is 2.44. The standard InChI is InChI=1S/C23H24N2OS/c1-23(2,3)17-11-9-16(10-12-17)20-14-27-22(24-20)25-21(26)19-13-18(19)15-7-5-4-6-8-15/h4-12,14,18-19H,13H2,1-3H3,(H,24,25,26)/t18-,19+/m0/s1. The van der Waals surface area contributed by atoms with Crippen LogP contribution in [0.5, 0.6) is 0 Å². The normalized spacial score (nSPS) is 18.9. The third kappa shape index (κ3) is 3.96. The van der Waals surface area contributed by atoms with Crippen LogP contribution >= 0.6 is 11.3 Å². The molecule has 0 saturated heterocycles. The molecule has 2 atom stereocenters. The van der Waals surface area contributed by atoms with Gasteiger partial charge in [-0.3, -0.25) is 4.79 Å². The monoisotopic (exact) mass is 376 g/mol. The molecule has 138 valence electrons. The highest BCUT2D eigenvalue weighted by molar-refractivity contribution is 7.14. The summed E-state index contributed by atoms with van der Waals surface area (Å²) >= 11 is 1.48. The number of carbonyl (C=O) groups excluding carboxylic acids is 1. The maximum absolute atomic E-state index is 12.5. The van der Waals surface area contributed by atoms with E-state index in [-0.39, 0.29) is 17.2 Å². The molecule has 4 heteroatoms. The second kappa shape index (κ2) is 6.93. The van der Waals surface area contributed by atoms with Crippen LogP contribution in [0.3, 0.4) is 0 Å². The van der Waals surface area contributed by atoms with Gasteiger partial charge in [-0.1, -0.05) is 75.4 Å². The summed E-state index contributed by atoms with van der Waals surface area (Å²) in [5.74, 6) is 0.481. The molecule has 0 aliphatic heterocycles. The van der Waals surface area contributed by atoms with Gasteiger partial charge in [-0.25, -0.2) is 4.98 Å². The zero-order chi connectivity index (χ0) is 19.0. The van der Waals surface area contributed by atoms with Gasteiger partial charge in [0.05, 0.1) is 5.69 Å². The van der Waals surface area contributed by atoms with Gasteiger partial charge in [0, 0.05) is 16.9 Å². The molecule has 1 amide bonds. The van der Waals surface area contributed by atoms with Crippen molar-refractivity contribution in [3.8, 4) is 11.3 Å². The molecule has 1 fully saturated rings. The zero-order valence-corrected chi connectivity index (χ0v) is 16.7. The molecule has 1 heterocycles. The van der Waals surface area contributed by atoms with Gasteiger partial charge < -0.3 is 5.32 Å². The van der Waals surface area contributed by atoms with Crippen LogP contribution in [0.4, 0.5) is 5.13 Å². The summed E-state index contributed by atoms with van der Waals surface area (Å²) in [6.07, 6.45) is 0.919. The van der Waals surface area contributed by atoms with Crippen molar-refractivity contribution in [1.29, 1.82) is 0 Å². The van der Waals surface area contributed by atoms with Crippen molar-refractivity contribution in [2.24, 2.45) is 5.92 Å². The number of nitrogens with zero attached hydrogens (tertiary/aromatic N) is 1. The van der Waals surface area contributed by atoms with Crippen LogP contribution in [-0.2, 0) is 10.2 Å². The highest BCUT2D eigenvalue weighted by atomic mass is 32.1. The molecule has 1 aliphatic carbocycles. The van der Waals surface area contributed by atoms with Crippen molar-refractivity contribution < 1.29 is 4.79 Å². The lowest BCUT2D eigenvalue weighted by molar-refractivity contribution is -0.117. The van der Waals surface area contributed by atoms with Gasteiger partial charge in [0.25, 0.3) is 0 Å². The van der Waals surface area contributed by atoms with Crippen LogP contribution in [0, 0.1) is 5.92 Å². The molecule has 1 aliphatic rings. The molecule has 27 heavy (non-hydrogen) atoms. The van der Waals surface area contributed by atoms with Gasteiger partial charge in [-0.2, -0.15) is 0 Å². The topological polar surface area (TPSA) is 42.0 Å². The van der Waals surface area contributed by atoms with E-state index in [1.807, 2.05) is 23.6 Å². The largest absolute Gasteiger partial charge is 0.302 e. The van der Waals surface area contributed by atoms with E-state index >= 15 is 0 Å². The fourth-order valence-electron chi connectivity index (χ4n) is 3.36. The number of anilines is 1. The molecule has 1 N–H and O–H groups in total. The fourth-order valence-corrected chi connectivity index (χ4v) is 4.08. The Morgan fingerprint density at radius 2 is 1.78 bits per heavy atom. The smallest absolute Gasteiger partial charge is 0.229 e. The van der Waals surface area contributed by atoms with E-state index in [0.29, 0.717) is 11.0 Å². The highest BCUT2D eigenvalue weighted by Crippen LogP contribution is 2.48. The number of rotatable bonds is 4. The second-order valence-electron chi connectivity index (χ2n) is 8.21.